The van der Waals surface area contributed by atoms with Crippen LogP contribution in [0.5, 0.6) is 5.75 Å². The number of benzene rings is 3. The summed E-state index contributed by atoms with van der Waals surface area (Å²) in [6, 6.07) is 15.7. The van der Waals surface area contributed by atoms with Gasteiger partial charge in [-0.3, -0.25) is 9.59 Å². The molecule has 1 fully saturated rings. The Morgan fingerprint density at radius 2 is 1.87 bits per heavy atom. The highest BCUT2D eigenvalue weighted by molar-refractivity contribution is 6.42. The molecule has 160 valence electrons. The van der Waals surface area contributed by atoms with Crippen LogP contribution in [0.4, 0.5) is 0 Å². The number of methoxy groups -OCH3 is 1. The Hall–Kier alpha value is -2.76. The van der Waals surface area contributed by atoms with Crippen LogP contribution in [0.2, 0.25) is 10.0 Å². The minimum absolute atomic E-state index is 0.0159. The average Bonchev–Trinajstić information content (AvgIpc) is 2.92. The van der Waals surface area contributed by atoms with Crippen LogP contribution in [-0.4, -0.2) is 36.9 Å². The maximum absolute atomic E-state index is 12.6. The van der Waals surface area contributed by atoms with Gasteiger partial charge in [0.1, 0.15) is 5.75 Å². The summed E-state index contributed by atoms with van der Waals surface area (Å²) in [7, 11) is 1.64. The van der Waals surface area contributed by atoms with E-state index in [2.05, 4.69) is 11.4 Å². The van der Waals surface area contributed by atoms with Gasteiger partial charge in [-0.1, -0.05) is 53.5 Å². The molecule has 3 aromatic rings. The first-order valence-corrected chi connectivity index (χ1v) is 10.8. The monoisotopic (exact) mass is 456 g/mol. The normalized spacial score (nSPS) is 14.5. The summed E-state index contributed by atoms with van der Waals surface area (Å²) in [4.78, 5) is 26.0. The quantitative estimate of drug-likeness (QED) is 0.610. The molecule has 2 amide bonds. The van der Waals surface area contributed by atoms with Crippen molar-refractivity contribution in [3.63, 3.8) is 0 Å². The summed E-state index contributed by atoms with van der Waals surface area (Å²) in [5, 5.41) is 5.75. The van der Waals surface area contributed by atoms with E-state index in [9.17, 15) is 9.59 Å². The van der Waals surface area contributed by atoms with Gasteiger partial charge in [0.05, 0.1) is 23.7 Å². The molecule has 1 heterocycles. The highest BCUT2D eigenvalue weighted by atomic mass is 35.5. The van der Waals surface area contributed by atoms with Gasteiger partial charge in [-0.05, 0) is 40.1 Å². The zero-order valence-corrected chi connectivity index (χ0v) is 18.6. The Labute approximate surface area is 190 Å². The highest BCUT2D eigenvalue weighted by Gasteiger charge is 2.23. The van der Waals surface area contributed by atoms with Gasteiger partial charge in [-0.15, -0.1) is 0 Å². The third-order valence-electron chi connectivity index (χ3n) is 5.51. The van der Waals surface area contributed by atoms with E-state index >= 15 is 0 Å². The first-order chi connectivity index (χ1) is 15.0. The molecular weight excluding hydrogens is 435 g/mol. The second kappa shape index (κ2) is 9.16. The number of rotatable bonds is 5. The summed E-state index contributed by atoms with van der Waals surface area (Å²) in [5.74, 6) is 0.522. The van der Waals surface area contributed by atoms with Gasteiger partial charge < -0.3 is 15.0 Å². The number of hydrogen-bond acceptors (Lipinski definition) is 3. The summed E-state index contributed by atoms with van der Waals surface area (Å²) in [6.45, 7) is 0.758. The molecule has 1 aliphatic rings. The van der Waals surface area contributed by atoms with Crippen LogP contribution in [0.25, 0.3) is 10.8 Å². The molecule has 3 aromatic carbocycles. The van der Waals surface area contributed by atoms with E-state index in [1.54, 1.807) is 18.1 Å². The zero-order valence-electron chi connectivity index (χ0n) is 17.1. The number of carbonyl (C=O) groups is 2. The lowest BCUT2D eigenvalue weighted by Crippen LogP contribution is -2.35. The van der Waals surface area contributed by atoms with Crippen molar-refractivity contribution in [2.24, 2.45) is 0 Å². The summed E-state index contributed by atoms with van der Waals surface area (Å²) >= 11 is 12.3. The first kappa shape index (κ1) is 21.5. The number of hydrogen-bond donors (Lipinski definition) is 1. The zero-order chi connectivity index (χ0) is 22.0. The van der Waals surface area contributed by atoms with E-state index in [-0.39, 0.29) is 24.8 Å². The second-order valence-corrected chi connectivity index (χ2v) is 8.35. The molecule has 5 nitrogen and oxygen atoms in total. The number of amides is 2. The van der Waals surface area contributed by atoms with Crippen molar-refractivity contribution in [3.05, 3.63) is 75.3 Å². The Bertz CT molecular complexity index is 1160. The van der Waals surface area contributed by atoms with Gasteiger partial charge in [0, 0.05) is 31.5 Å². The number of carbonyl (C=O) groups excluding carboxylic acids is 2. The van der Waals surface area contributed by atoms with Crippen LogP contribution < -0.4 is 10.1 Å². The predicted octanol–water partition coefficient (Wildman–Crippen LogP) is 4.59. The van der Waals surface area contributed by atoms with Gasteiger partial charge in [0.25, 0.3) is 0 Å². The number of ether oxygens (including phenoxy) is 1. The average molecular weight is 457 g/mol. The molecule has 7 heteroatoms. The molecule has 1 saturated heterocycles. The molecule has 0 bridgehead atoms. The lowest BCUT2D eigenvalue weighted by atomic mass is 9.95. The van der Waals surface area contributed by atoms with Crippen LogP contribution in [0.15, 0.2) is 48.5 Å². The molecule has 0 aliphatic carbocycles. The van der Waals surface area contributed by atoms with Crippen LogP contribution in [0.3, 0.4) is 0 Å². The van der Waals surface area contributed by atoms with E-state index < -0.39 is 0 Å². The van der Waals surface area contributed by atoms with E-state index in [4.69, 9.17) is 27.9 Å². The van der Waals surface area contributed by atoms with Crippen molar-refractivity contribution >= 4 is 45.8 Å². The van der Waals surface area contributed by atoms with Crippen LogP contribution in [0.1, 0.15) is 23.1 Å². The molecule has 31 heavy (non-hydrogen) atoms. The standard InChI is InChI=1S/C24H22Cl2N2O3/c1-31-24-17(10-15-6-7-20(25)21(26)11-15)12-16-4-2-3-5-18(16)19(24)14-28-9-8-22(29)27-13-23(28)30/h2-7,11-12H,8-10,13-14H2,1H3,(H,27,29). The van der Waals surface area contributed by atoms with Gasteiger partial charge in [-0.2, -0.15) is 0 Å². The fourth-order valence-corrected chi connectivity index (χ4v) is 4.29. The molecule has 0 unspecified atom stereocenters. The maximum atomic E-state index is 12.6. The van der Waals surface area contributed by atoms with Crippen molar-refractivity contribution in [1.82, 2.24) is 10.2 Å². The Morgan fingerprint density at radius 1 is 1.06 bits per heavy atom. The van der Waals surface area contributed by atoms with E-state index in [0.717, 1.165) is 33.2 Å². The Kier molecular flexibility index (Phi) is 6.35. The first-order valence-electron chi connectivity index (χ1n) is 10.0. The largest absolute Gasteiger partial charge is 0.496 e. The van der Waals surface area contributed by atoms with E-state index in [1.807, 2.05) is 36.4 Å². The van der Waals surface area contributed by atoms with Gasteiger partial charge in [0.15, 0.2) is 0 Å². The van der Waals surface area contributed by atoms with E-state index in [0.29, 0.717) is 29.6 Å². The molecule has 1 N–H and O–H groups in total. The molecule has 0 aromatic heterocycles. The Balaban J connectivity index is 1.78. The SMILES string of the molecule is COc1c(Cc2ccc(Cl)c(Cl)c2)cc2ccccc2c1CN1CCC(=O)NCC1=O. The Morgan fingerprint density at radius 3 is 2.65 bits per heavy atom. The maximum Gasteiger partial charge on any atom is 0.242 e. The van der Waals surface area contributed by atoms with Crippen LogP contribution in [0, 0.1) is 0 Å². The number of nitrogens with one attached hydrogen (secondary N) is 1. The lowest BCUT2D eigenvalue weighted by Gasteiger charge is -2.24. The highest BCUT2D eigenvalue weighted by Crippen LogP contribution is 2.35. The van der Waals surface area contributed by atoms with Crippen molar-refractivity contribution in [2.45, 2.75) is 19.4 Å². The number of halogens is 2. The minimum atomic E-state index is -0.110. The summed E-state index contributed by atoms with van der Waals surface area (Å²) < 4.78 is 5.86. The molecule has 0 radical (unpaired) electrons. The molecule has 4 rings (SSSR count). The van der Waals surface area contributed by atoms with Crippen molar-refractivity contribution in [3.8, 4) is 5.75 Å². The van der Waals surface area contributed by atoms with Crippen LogP contribution >= 0.6 is 23.2 Å². The fraction of sp³-hybridized carbons (Fsp3) is 0.250. The molecule has 0 saturated carbocycles. The minimum Gasteiger partial charge on any atom is -0.496 e. The molecule has 0 spiro atoms. The second-order valence-electron chi connectivity index (χ2n) is 7.54. The molecule has 1 aliphatic heterocycles. The summed E-state index contributed by atoms with van der Waals surface area (Å²) in [5.41, 5.74) is 2.93. The fourth-order valence-electron chi connectivity index (χ4n) is 3.97. The van der Waals surface area contributed by atoms with Crippen LogP contribution in [-0.2, 0) is 22.6 Å². The van der Waals surface area contributed by atoms with Gasteiger partial charge in [0.2, 0.25) is 11.8 Å². The third-order valence-corrected chi connectivity index (χ3v) is 6.25. The topological polar surface area (TPSA) is 58.6 Å². The molecular formula is C24H22Cl2N2O3. The number of nitrogens with zero attached hydrogens (tertiary/aromatic N) is 1. The lowest BCUT2D eigenvalue weighted by molar-refractivity contribution is -0.130. The third kappa shape index (κ3) is 4.63. The van der Waals surface area contributed by atoms with E-state index in [1.165, 1.54) is 0 Å². The summed E-state index contributed by atoms with van der Waals surface area (Å²) in [6.07, 6.45) is 0.890. The van der Waals surface area contributed by atoms with Gasteiger partial charge in [-0.25, -0.2) is 0 Å². The van der Waals surface area contributed by atoms with Crippen molar-refractivity contribution in [1.29, 1.82) is 0 Å². The van der Waals surface area contributed by atoms with Gasteiger partial charge >= 0.3 is 0 Å². The van der Waals surface area contributed by atoms with Crippen molar-refractivity contribution < 1.29 is 14.3 Å². The smallest absolute Gasteiger partial charge is 0.242 e. The van der Waals surface area contributed by atoms with Crippen molar-refractivity contribution in [2.75, 3.05) is 20.2 Å². The molecule has 0 atom stereocenters. The number of fused-ring (bicyclic) bond motifs is 1. The predicted molar refractivity (Wildman–Crippen MR) is 123 cm³/mol.